The van der Waals surface area contributed by atoms with Gasteiger partial charge in [0.2, 0.25) is 0 Å². The van der Waals surface area contributed by atoms with E-state index in [1.807, 2.05) is 11.3 Å². The van der Waals surface area contributed by atoms with Gasteiger partial charge in [0.05, 0.1) is 10.7 Å². The van der Waals surface area contributed by atoms with Gasteiger partial charge in [0.1, 0.15) is 0 Å². The zero-order chi connectivity index (χ0) is 12.3. The third kappa shape index (κ3) is 3.52. The van der Waals surface area contributed by atoms with Crippen LogP contribution in [0.5, 0.6) is 0 Å². The van der Waals surface area contributed by atoms with Crippen molar-refractivity contribution in [2.75, 3.05) is 6.54 Å². The standard InChI is InChI=1S/C14H24N2S/c1-14(2,7-8-15)9-13-16-12(10-17-13)11-5-3-4-6-11/h10-11H,3-9,15H2,1-2H3. The van der Waals surface area contributed by atoms with Gasteiger partial charge >= 0.3 is 0 Å². The minimum atomic E-state index is 0.291. The highest BCUT2D eigenvalue weighted by Gasteiger charge is 2.22. The van der Waals surface area contributed by atoms with Crippen LogP contribution in [0.4, 0.5) is 0 Å². The zero-order valence-electron chi connectivity index (χ0n) is 11.0. The van der Waals surface area contributed by atoms with Gasteiger partial charge in [-0.2, -0.15) is 0 Å². The molecule has 2 rings (SSSR count). The normalized spacial score (nSPS) is 17.8. The van der Waals surface area contributed by atoms with Crippen LogP contribution in [-0.4, -0.2) is 11.5 Å². The van der Waals surface area contributed by atoms with E-state index in [4.69, 9.17) is 10.7 Å². The third-order valence-electron chi connectivity index (χ3n) is 3.79. The minimum Gasteiger partial charge on any atom is -0.330 e. The maximum atomic E-state index is 5.66. The first kappa shape index (κ1) is 13.0. The van der Waals surface area contributed by atoms with Crippen LogP contribution in [0.25, 0.3) is 0 Å². The van der Waals surface area contributed by atoms with E-state index in [0.29, 0.717) is 5.41 Å². The molecule has 96 valence electrons. The lowest BCUT2D eigenvalue weighted by molar-refractivity contribution is 0.338. The Bertz CT molecular complexity index is 351. The SMILES string of the molecule is CC(C)(CCN)Cc1nc(C2CCCC2)cs1. The van der Waals surface area contributed by atoms with Gasteiger partial charge in [-0.3, -0.25) is 0 Å². The maximum absolute atomic E-state index is 5.66. The molecule has 0 saturated heterocycles. The summed E-state index contributed by atoms with van der Waals surface area (Å²) in [5.74, 6) is 0.748. The number of nitrogens with two attached hydrogens (primary N) is 1. The fraction of sp³-hybridized carbons (Fsp3) is 0.786. The number of hydrogen-bond acceptors (Lipinski definition) is 3. The second kappa shape index (κ2) is 5.49. The summed E-state index contributed by atoms with van der Waals surface area (Å²) in [5.41, 5.74) is 7.30. The Balaban J connectivity index is 1.98. The minimum absolute atomic E-state index is 0.291. The van der Waals surface area contributed by atoms with Crippen molar-refractivity contribution in [2.24, 2.45) is 11.1 Å². The van der Waals surface area contributed by atoms with E-state index in [1.165, 1.54) is 36.4 Å². The lowest BCUT2D eigenvalue weighted by atomic mass is 9.86. The van der Waals surface area contributed by atoms with Crippen LogP contribution in [0.15, 0.2) is 5.38 Å². The van der Waals surface area contributed by atoms with E-state index in [9.17, 15) is 0 Å². The average molecular weight is 252 g/mol. The molecule has 17 heavy (non-hydrogen) atoms. The fourth-order valence-electron chi connectivity index (χ4n) is 2.70. The third-order valence-corrected chi connectivity index (χ3v) is 4.66. The molecule has 0 aliphatic heterocycles. The van der Waals surface area contributed by atoms with Gasteiger partial charge in [0, 0.05) is 17.7 Å². The number of thiazole rings is 1. The van der Waals surface area contributed by atoms with E-state index in [1.54, 1.807) is 0 Å². The highest BCUT2D eigenvalue weighted by Crippen LogP contribution is 2.35. The first-order chi connectivity index (χ1) is 8.11. The molecule has 1 saturated carbocycles. The fourth-order valence-corrected chi connectivity index (χ4v) is 3.84. The smallest absolute Gasteiger partial charge is 0.0933 e. The van der Waals surface area contributed by atoms with Crippen LogP contribution >= 0.6 is 11.3 Å². The summed E-state index contributed by atoms with van der Waals surface area (Å²) < 4.78 is 0. The van der Waals surface area contributed by atoms with Crippen molar-refractivity contribution in [3.63, 3.8) is 0 Å². The van der Waals surface area contributed by atoms with Gasteiger partial charge in [0.15, 0.2) is 0 Å². The number of hydrogen-bond donors (Lipinski definition) is 1. The first-order valence-corrected chi connectivity index (χ1v) is 7.63. The average Bonchev–Trinajstić information content (AvgIpc) is 2.85. The first-order valence-electron chi connectivity index (χ1n) is 6.75. The lowest BCUT2D eigenvalue weighted by Gasteiger charge is -2.22. The molecule has 0 spiro atoms. The van der Waals surface area contributed by atoms with Crippen molar-refractivity contribution >= 4 is 11.3 Å². The summed E-state index contributed by atoms with van der Waals surface area (Å²) in [6.07, 6.45) is 7.60. The number of aromatic nitrogens is 1. The molecule has 2 nitrogen and oxygen atoms in total. The molecule has 0 aromatic carbocycles. The van der Waals surface area contributed by atoms with Crippen LogP contribution in [0.1, 0.15) is 62.6 Å². The molecule has 1 aliphatic carbocycles. The van der Waals surface area contributed by atoms with Crippen molar-refractivity contribution in [3.8, 4) is 0 Å². The van der Waals surface area contributed by atoms with Gasteiger partial charge in [-0.15, -0.1) is 11.3 Å². The summed E-state index contributed by atoms with van der Waals surface area (Å²) in [6.45, 7) is 5.35. The van der Waals surface area contributed by atoms with Crippen LogP contribution in [0.3, 0.4) is 0 Å². The predicted octanol–water partition coefficient (Wildman–Crippen LogP) is 3.72. The summed E-state index contributed by atoms with van der Waals surface area (Å²) >= 11 is 1.84. The quantitative estimate of drug-likeness (QED) is 0.867. The van der Waals surface area contributed by atoms with Gasteiger partial charge in [0.25, 0.3) is 0 Å². The Morgan fingerprint density at radius 1 is 1.41 bits per heavy atom. The molecule has 0 amide bonds. The van der Waals surface area contributed by atoms with Crippen molar-refractivity contribution in [1.29, 1.82) is 0 Å². The Labute approximate surface area is 109 Å². The Morgan fingerprint density at radius 2 is 2.12 bits per heavy atom. The predicted molar refractivity (Wildman–Crippen MR) is 74.5 cm³/mol. The molecule has 0 unspecified atom stereocenters. The molecule has 1 aromatic rings. The van der Waals surface area contributed by atoms with Gasteiger partial charge in [-0.05, 0) is 31.2 Å². The van der Waals surface area contributed by atoms with Crippen LogP contribution in [0, 0.1) is 5.41 Å². The number of nitrogens with zero attached hydrogens (tertiary/aromatic N) is 1. The number of rotatable bonds is 5. The molecule has 2 N–H and O–H groups in total. The van der Waals surface area contributed by atoms with Crippen LogP contribution in [0.2, 0.25) is 0 Å². The molecule has 1 fully saturated rings. The van der Waals surface area contributed by atoms with Crippen molar-refractivity contribution in [1.82, 2.24) is 4.98 Å². The topological polar surface area (TPSA) is 38.9 Å². The van der Waals surface area contributed by atoms with E-state index in [2.05, 4.69) is 19.2 Å². The molecular weight excluding hydrogens is 228 g/mol. The highest BCUT2D eigenvalue weighted by atomic mass is 32.1. The second-order valence-electron chi connectivity index (χ2n) is 6.03. The van der Waals surface area contributed by atoms with Crippen molar-refractivity contribution in [2.45, 2.75) is 58.3 Å². The molecule has 0 bridgehead atoms. The summed E-state index contributed by atoms with van der Waals surface area (Å²) in [5, 5.41) is 3.58. The zero-order valence-corrected chi connectivity index (χ0v) is 11.9. The van der Waals surface area contributed by atoms with Crippen LogP contribution in [-0.2, 0) is 6.42 Å². The molecule has 3 heteroatoms. The van der Waals surface area contributed by atoms with E-state index in [-0.39, 0.29) is 0 Å². The molecular formula is C14H24N2S. The summed E-state index contributed by atoms with van der Waals surface area (Å²) in [4.78, 5) is 4.84. The second-order valence-corrected chi connectivity index (χ2v) is 6.97. The van der Waals surface area contributed by atoms with Gasteiger partial charge in [-0.1, -0.05) is 26.7 Å². The van der Waals surface area contributed by atoms with E-state index in [0.717, 1.165) is 25.3 Å². The van der Waals surface area contributed by atoms with Crippen molar-refractivity contribution < 1.29 is 0 Å². The molecule has 0 radical (unpaired) electrons. The molecule has 1 heterocycles. The largest absolute Gasteiger partial charge is 0.330 e. The Hall–Kier alpha value is -0.410. The molecule has 1 aliphatic rings. The van der Waals surface area contributed by atoms with E-state index < -0.39 is 0 Å². The highest BCUT2D eigenvalue weighted by molar-refractivity contribution is 7.09. The van der Waals surface area contributed by atoms with E-state index >= 15 is 0 Å². The lowest BCUT2D eigenvalue weighted by Crippen LogP contribution is -2.19. The molecule has 1 aromatic heterocycles. The van der Waals surface area contributed by atoms with Crippen LogP contribution < -0.4 is 5.73 Å². The molecule has 0 atom stereocenters. The maximum Gasteiger partial charge on any atom is 0.0933 e. The summed E-state index contributed by atoms with van der Waals surface area (Å²) in [7, 11) is 0. The van der Waals surface area contributed by atoms with Gasteiger partial charge in [-0.25, -0.2) is 4.98 Å². The monoisotopic (exact) mass is 252 g/mol. The Morgan fingerprint density at radius 3 is 2.76 bits per heavy atom. The van der Waals surface area contributed by atoms with Gasteiger partial charge < -0.3 is 5.73 Å². The summed E-state index contributed by atoms with van der Waals surface area (Å²) in [6, 6.07) is 0. The van der Waals surface area contributed by atoms with Crippen molar-refractivity contribution in [3.05, 3.63) is 16.1 Å². The Kier molecular flexibility index (Phi) is 4.21.